The molecule has 0 spiro atoms. The number of hydrogen-bond donors (Lipinski definition) is 1. The van der Waals surface area contributed by atoms with Gasteiger partial charge in [-0.1, -0.05) is 16.8 Å². The van der Waals surface area contributed by atoms with Crippen LogP contribution in [-0.4, -0.2) is 21.0 Å². The molecule has 1 aromatic heterocycles. The summed E-state index contributed by atoms with van der Waals surface area (Å²) in [4.78, 5) is 26.3. The van der Waals surface area contributed by atoms with Gasteiger partial charge in [0.25, 0.3) is 5.69 Å². The van der Waals surface area contributed by atoms with Crippen molar-refractivity contribution in [1.29, 1.82) is 0 Å². The van der Waals surface area contributed by atoms with Crippen LogP contribution in [0.4, 0.5) is 15.8 Å². The van der Waals surface area contributed by atoms with Gasteiger partial charge in [-0.05, 0) is 36.8 Å². The summed E-state index contributed by atoms with van der Waals surface area (Å²) in [6.07, 6.45) is 0.789. The van der Waals surface area contributed by atoms with E-state index in [-0.39, 0.29) is 17.8 Å². The number of halogens is 2. The number of non-ortho nitro benzene ring substituents is 1. The third kappa shape index (κ3) is 4.89. The first-order valence-electron chi connectivity index (χ1n) is 8.24. The second kappa shape index (κ2) is 8.57. The molecule has 1 N–H and O–H groups in total. The van der Waals surface area contributed by atoms with Crippen LogP contribution in [0.3, 0.4) is 0 Å². The molecule has 3 aromatic rings. The van der Waals surface area contributed by atoms with E-state index >= 15 is 0 Å². The van der Waals surface area contributed by atoms with Crippen LogP contribution in [0.15, 0.2) is 47.0 Å². The summed E-state index contributed by atoms with van der Waals surface area (Å²) < 4.78 is 18.8. The Morgan fingerprint density at radius 1 is 1.25 bits per heavy atom. The number of carbonyl (C=O) groups is 1. The summed E-state index contributed by atoms with van der Waals surface area (Å²) in [5.74, 6) is -0.450. The van der Waals surface area contributed by atoms with Crippen molar-refractivity contribution in [2.75, 3.05) is 5.32 Å². The van der Waals surface area contributed by atoms with E-state index in [1.165, 1.54) is 0 Å². The maximum atomic E-state index is 13.7. The molecule has 144 valence electrons. The van der Waals surface area contributed by atoms with E-state index in [2.05, 4.69) is 15.5 Å². The Morgan fingerprint density at radius 3 is 2.71 bits per heavy atom. The average molecular weight is 405 g/mol. The van der Waals surface area contributed by atoms with Gasteiger partial charge in [0.1, 0.15) is 5.82 Å². The predicted octanol–water partition coefficient (Wildman–Crippen LogP) is 4.40. The molecule has 1 amide bonds. The van der Waals surface area contributed by atoms with Gasteiger partial charge in [0.2, 0.25) is 17.6 Å². The number of hydrogen-bond acceptors (Lipinski definition) is 6. The van der Waals surface area contributed by atoms with Crippen molar-refractivity contribution in [2.45, 2.75) is 19.3 Å². The van der Waals surface area contributed by atoms with Gasteiger partial charge in [-0.2, -0.15) is 4.98 Å². The predicted molar refractivity (Wildman–Crippen MR) is 99.4 cm³/mol. The molecule has 2 aromatic carbocycles. The number of rotatable bonds is 7. The van der Waals surface area contributed by atoms with Gasteiger partial charge in [-0.25, -0.2) is 4.39 Å². The highest BCUT2D eigenvalue weighted by molar-refractivity contribution is 6.30. The molecular formula is C18H14ClFN4O4. The van der Waals surface area contributed by atoms with Gasteiger partial charge in [0.05, 0.1) is 10.6 Å². The quantitative estimate of drug-likeness (QED) is 0.461. The molecule has 1 heterocycles. The van der Waals surface area contributed by atoms with Gasteiger partial charge in [0, 0.05) is 35.6 Å². The number of nitrogens with one attached hydrogen (secondary N) is 1. The van der Waals surface area contributed by atoms with E-state index in [1.54, 1.807) is 24.3 Å². The van der Waals surface area contributed by atoms with Crippen LogP contribution >= 0.6 is 11.6 Å². The topological polar surface area (TPSA) is 111 Å². The molecule has 8 nitrogen and oxygen atoms in total. The maximum Gasteiger partial charge on any atom is 0.271 e. The van der Waals surface area contributed by atoms with E-state index in [1.807, 2.05) is 0 Å². The molecule has 0 radical (unpaired) electrons. The Morgan fingerprint density at radius 2 is 2.00 bits per heavy atom. The van der Waals surface area contributed by atoms with Gasteiger partial charge in [0.15, 0.2) is 0 Å². The normalized spacial score (nSPS) is 10.6. The first-order chi connectivity index (χ1) is 13.4. The van der Waals surface area contributed by atoms with Crippen molar-refractivity contribution in [1.82, 2.24) is 10.1 Å². The molecule has 3 rings (SSSR count). The number of carbonyl (C=O) groups excluding carboxylic acids is 1. The zero-order valence-corrected chi connectivity index (χ0v) is 15.1. The molecule has 0 bridgehead atoms. The Balaban J connectivity index is 1.53. The number of anilines is 1. The number of nitro groups is 1. The Bertz CT molecular complexity index is 1010. The number of aromatic nitrogens is 2. The Hall–Kier alpha value is -3.33. The summed E-state index contributed by atoms with van der Waals surface area (Å²) >= 11 is 5.84. The minimum Gasteiger partial charge on any atom is -0.339 e. The van der Waals surface area contributed by atoms with Crippen LogP contribution < -0.4 is 5.32 Å². The van der Waals surface area contributed by atoms with Gasteiger partial charge < -0.3 is 9.84 Å². The second-order valence-corrected chi connectivity index (χ2v) is 6.28. The number of amides is 1. The first kappa shape index (κ1) is 19.4. The smallest absolute Gasteiger partial charge is 0.271 e. The summed E-state index contributed by atoms with van der Waals surface area (Å²) in [5, 5.41) is 17.5. The van der Waals surface area contributed by atoms with Gasteiger partial charge >= 0.3 is 0 Å². The Kier molecular flexibility index (Phi) is 5.95. The van der Waals surface area contributed by atoms with Gasteiger partial charge in [-0.3, -0.25) is 14.9 Å². The molecule has 0 aliphatic carbocycles. The van der Waals surface area contributed by atoms with E-state index in [4.69, 9.17) is 16.1 Å². The molecule has 28 heavy (non-hydrogen) atoms. The summed E-state index contributed by atoms with van der Waals surface area (Å²) in [5.41, 5.74) is 0.206. The zero-order valence-electron chi connectivity index (χ0n) is 14.4. The minimum atomic E-state index is -0.747. The number of nitrogens with zero attached hydrogens (tertiary/aromatic N) is 3. The molecule has 10 heteroatoms. The second-order valence-electron chi connectivity index (χ2n) is 5.84. The van der Waals surface area contributed by atoms with Crippen molar-refractivity contribution in [3.05, 3.63) is 69.3 Å². The summed E-state index contributed by atoms with van der Waals surface area (Å²) in [6, 6.07) is 9.89. The van der Waals surface area contributed by atoms with Crippen LogP contribution in [0.25, 0.3) is 11.4 Å². The molecule has 0 unspecified atom stereocenters. The molecule has 0 saturated heterocycles. The fraction of sp³-hybridized carbons (Fsp3) is 0.167. The number of benzene rings is 2. The van der Waals surface area contributed by atoms with E-state index in [0.717, 1.165) is 23.8 Å². The minimum absolute atomic E-state index is 0.0563. The zero-order chi connectivity index (χ0) is 20.1. The number of nitro benzene ring substituents is 1. The van der Waals surface area contributed by atoms with E-state index < -0.39 is 16.6 Å². The SMILES string of the molecule is O=C(CCCc1nc(-c2ccc(Cl)cc2)no1)Nc1cc([N+](=O)[O-])ccc1F. The van der Waals surface area contributed by atoms with Crippen LogP contribution in [0.5, 0.6) is 0 Å². The van der Waals surface area contributed by atoms with Crippen molar-refractivity contribution in [2.24, 2.45) is 0 Å². The van der Waals surface area contributed by atoms with Crippen LogP contribution in [0.1, 0.15) is 18.7 Å². The molecule has 0 fully saturated rings. The summed E-state index contributed by atoms with van der Waals surface area (Å²) in [7, 11) is 0. The molecule has 0 atom stereocenters. The standard InChI is InChI=1S/C18H14ClFN4O4/c19-12-6-4-11(5-7-12)18-22-17(28-23-18)3-1-2-16(25)21-15-10-13(24(26)27)8-9-14(15)20/h4-10H,1-3H2,(H,21,25). The van der Waals surface area contributed by atoms with E-state index in [0.29, 0.717) is 29.6 Å². The monoisotopic (exact) mass is 404 g/mol. The van der Waals surface area contributed by atoms with Crippen molar-refractivity contribution >= 4 is 28.9 Å². The highest BCUT2D eigenvalue weighted by atomic mass is 35.5. The largest absolute Gasteiger partial charge is 0.339 e. The molecular weight excluding hydrogens is 391 g/mol. The van der Waals surface area contributed by atoms with Crippen molar-refractivity contribution in [3.63, 3.8) is 0 Å². The van der Waals surface area contributed by atoms with Crippen LogP contribution in [-0.2, 0) is 11.2 Å². The van der Waals surface area contributed by atoms with Crippen LogP contribution in [0, 0.1) is 15.9 Å². The molecule has 0 saturated carbocycles. The third-order valence-electron chi connectivity index (χ3n) is 3.80. The molecule has 0 aliphatic heterocycles. The summed E-state index contributed by atoms with van der Waals surface area (Å²) in [6.45, 7) is 0. The lowest BCUT2D eigenvalue weighted by atomic mass is 10.2. The fourth-order valence-electron chi connectivity index (χ4n) is 2.41. The maximum absolute atomic E-state index is 13.7. The average Bonchev–Trinajstić information content (AvgIpc) is 3.13. The lowest BCUT2D eigenvalue weighted by Gasteiger charge is -2.05. The lowest BCUT2D eigenvalue weighted by Crippen LogP contribution is -2.13. The first-order valence-corrected chi connectivity index (χ1v) is 8.62. The van der Waals surface area contributed by atoms with Crippen LogP contribution in [0.2, 0.25) is 5.02 Å². The number of aryl methyl sites for hydroxylation is 1. The van der Waals surface area contributed by atoms with E-state index in [9.17, 15) is 19.3 Å². The highest BCUT2D eigenvalue weighted by Crippen LogP contribution is 2.22. The lowest BCUT2D eigenvalue weighted by molar-refractivity contribution is -0.384. The van der Waals surface area contributed by atoms with Crippen molar-refractivity contribution in [3.8, 4) is 11.4 Å². The fourth-order valence-corrected chi connectivity index (χ4v) is 2.53. The Labute approximate surface area is 163 Å². The van der Waals surface area contributed by atoms with Gasteiger partial charge in [-0.15, -0.1) is 0 Å². The highest BCUT2D eigenvalue weighted by Gasteiger charge is 2.14. The molecule has 0 aliphatic rings. The van der Waals surface area contributed by atoms with Crippen molar-refractivity contribution < 1.29 is 18.6 Å². The third-order valence-corrected chi connectivity index (χ3v) is 4.05.